The number of carbonyl (C=O) groups is 1. The van der Waals surface area contributed by atoms with Crippen LogP contribution in [0.5, 0.6) is 5.75 Å². The van der Waals surface area contributed by atoms with Crippen LogP contribution >= 0.6 is 0 Å². The molecule has 0 saturated carbocycles. The number of nitrogens with one attached hydrogen (secondary N) is 1. The predicted molar refractivity (Wildman–Crippen MR) is 59.1 cm³/mol. The number of hydrogen-bond donors (Lipinski definition) is 1. The molecule has 1 N–H and O–H groups in total. The zero-order valence-electron chi connectivity index (χ0n) is 8.72. The molecule has 1 aromatic heterocycles. The summed E-state index contributed by atoms with van der Waals surface area (Å²) in [5.74, 6) is 0.808. The first kappa shape index (κ1) is 10.4. The van der Waals surface area contributed by atoms with Crippen molar-refractivity contribution in [2.75, 3.05) is 0 Å². The van der Waals surface area contributed by atoms with Crippen LogP contribution in [0.2, 0.25) is 0 Å². The van der Waals surface area contributed by atoms with Crippen molar-refractivity contribution in [1.82, 2.24) is 10.2 Å². The lowest BCUT2D eigenvalue weighted by Crippen LogP contribution is -1.95. The minimum absolute atomic E-state index is 0.359. The summed E-state index contributed by atoms with van der Waals surface area (Å²) in [6, 6.07) is 11.4. The van der Waals surface area contributed by atoms with E-state index in [0.717, 1.165) is 23.4 Å². The molecule has 0 radical (unpaired) electrons. The number of ether oxygens (including phenoxy) is 1. The molecular weight excluding hydrogens is 204 g/mol. The van der Waals surface area contributed by atoms with Crippen LogP contribution in [0.25, 0.3) is 0 Å². The van der Waals surface area contributed by atoms with Crippen molar-refractivity contribution in [2.45, 2.75) is 13.0 Å². The maximum absolute atomic E-state index is 10.3. The zero-order valence-corrected chi connectivity index (χ0v) is 8.72. The molecule has 0 unspecified atom stereocenters. The lowest BCUT2D eigenvalue weighted by molar-refractivity contribution is -0.107. The lowest BCUT2D eigenvalue weighted by Gasteiger charge is -2.02. The molecule has 0 aliphatic rings. The largest absolute Gasteiger partial charge is 0.487 e. The molecule has 0 saturated heterocycles. The highest BCUT2D eigenvalue weighted by Gasteiger charge is 2.01. The summed E-state index contributed by atoms with van der Waals surface area (Å²) in [7, 11) is 0. The van der Waals surface area contributed by atoms with Crippen LogP contribution in [0, 0.1) is 0 Å². The van der Waals surface area contributed by atoms with Gasteiger partial charge in [-0.1, -0.05) is 18.2 Å². The van der Waals surface area contributed by atoms with Gasteiger partial charge in [-0.25, -0.2) is 0 Å². The molecule has 0 amide bonds. The summed E-state index contributed by atoms with van der Waals surface area (Å²) < 4.78 is 5.51. The molecule has 4 nitrogen and oxygen atoms in total. The molecular formula is C12H12N2O2. The van der Waals surface area contributed by atoms with Crippen molar-refractivity contribution in [3.8, 4) is 5.75 Å². The first-order chi connectivity index (χ1) is 7.88. The second kappa shape index (κ2) is 5.11. The second-order valence-corrected chi connectivity index (χ2v) is 3.36. The Labute approximate surface area is 93.3 Å². The smallest absolute Gasteiger partial charge is 0.132 e. The highest BCUT2D eigenvalue weighted by molar-refractivity contribution is 5.53. The van der Waals surface area contributed by atoms with E-state index in [-0.39, 0.29) is 0 Å². The average molecular weight is 216 g/mol. The Morgan fingerprint density at radius 2 is 2.12 bits per heavy atom. The van der Waals surface area contributed by atoms with Gasteiger partial charge in [0.15, 0.2) is 0 Å². The van der Waals surface area contributed by atoms with E-state index in [4.69, 9.17) is 4.74 Å². The number of carbonyl (C=O) groups excluding carboxylic acids is 1. The quantitative estimate of drug-likeness (QED) is 0.774. The van der Waals surface area contributed by atoms with E-state index in [1.54, 1.807) is 0 Å². The van der Waals surface area contributed by atoms with Gasteiger partial charge in [-0.2, -0.15) is 5.10 Å². The number of H-pyrrole nitrogens is 1. The van der Waals surface area contributed by atoms with Crippen molar-refractivity contribution in [3.63, 3.8) is 0 Å². The Morgan fingerprint density at radius 3 is 2.88 bits per heavy atom. The van der Waals surface area contributed by atoms with Gasteiger partial charge in [0.25, 0.3) is 0 Å². The summed E-state index contributed by atoms with van der Waals surface area (Å²) in [6.45, 7) is 0.402. The molecule has 0 aliphatic carbocycles. The zero-order chi connectivity index (χ0) is 11.2. The van der Waals surface area contributed by atoms with Gasteiger partial charge in [-0.15, -0.1) is 0 Å². The normalized spacial score (nSPS) is 10.0. The summed E-state index contributed by atoms with van der Waals surface area (Å²) in [4.78, 5) is 10.3. The standard InChI is InChI=1S/C12H12N2O2/c15-7-6-10-8-11(14-13-10)9-16-12-4-2-1-3-5-12/h1-5,7-8H,6,9H2,(H,13,14). The van der Waals surface area contributed by atoms with Gasteiger partial charge < -0.3 is 9.53 Å². The highest BCUT2D eigenvalue weighted by Crippen LogP contribution is 2.10. The van der Waals surface area contributed by atoms with Crippen LogP contribution < -0.4 is 4.74 Å². The van der Waals surface area contributed by atoms with Crippen LogP contribution in [0.15, 0.2) is 36.4 Å². The Morgan fingerprint density at radius 1 is 1.31 bits per heavy atom. The maximum atomic E-state index is 10.3. The van der Waals surface area contributed by atoms with Gasteiger partial charge in [-0.05, 0) is 18.2 Å². The molecule has 4 heteroatoms. The minimum Gasteiger partial charge on any atom is -0.487 e. The van der Waals surface area contributed by atoms with Gasteiger partial charge in [0.05, 0.1) is 5.69 Å². The van der Waals surface area contributed by atoms with Gasteiger partial charge in [0.1, 0.15) is 18.6 Å². The maximum Gasteiger partial charge on any atom is 0.132 e. The van der Waals surface area contributed by atoms with Gasteiger partial charge in [0.2, 0.25) is 0 Å². The van der Waals surface area contributed by atoms with Crippen molar-refractivity contribution >= 4 is 6.29 Å². The van der Waals surface area contributed by atoms with Crippen LogP contribution in [-0.4, -0.2) is 16.5 Å². The monoisotopic (exact) mass is 216 g/mol. The van der Waals surface area contributed by atoms with E-state index in [2.05, 4.69) is 10.2 Å². The SMILES string of the molecule is O=CCc1cc(COc2ccccc2)n[nH]1. The lowest BCUT2D eigenvalue weighted by atomic mass is 10.3. The number of benzene rings is 1. The second-order valence-electron chi connectivity index (χ2n) is 3.36. The summed E-state index contributed by atoms with van der Waals surface area (Å²) in [6.07, 6.45) is 1.20. The fourth-order valence-corrected chi connectivity index (χ4v) is 1.35. The van der Waals surface area contributed by atoms with Crippen LogP contribution in [0.4, 0.5) is 0 Å². The topological polar surface area (TPSA) is 55.0 Å². The molecule has 16 heavy (non-hydrogen) atoms. The average Bonchev–Trinajstić information content (AvgIpc) is 2.76. The minimum atomic E-state index is 0.359. The van der Waals surface area contributed by atoms with Crippen molar-refractivity contribution < 1.29 is 9.53 Å². The number of aromatic amines is 1. The molecule has 1 aromatic carbocycles. The first-order valence-corrected chi connectivity index (χ1v) is 5.03. The Balaban J connectivity index is 1.92. The summed E-state index contributed by atoms with van der Waals surface area (Å²) in [5.41, 5.74) is 1.60. The van der Waals surface area contributed by atoms with Crippen LogP contribution in [-0.2, 0) is 17.8 Å². The van der Waals surface area contributed by atoms with E-state index in [1.165, 1.54) is 0 Å². The Kier molecular flexibility index (Phi) is 3.33. The number of para-hydroxylation sites is 1. The molecule has 0 atom stereocenters. The number of rotatable bonds is 5. The fraction of sp³-hybridized carbons (Fsp3) is 0.167. The number of aldehydes is 1. The third kappa shape index (κ3) is 2.70. The number of aromatic nitrogens is 2. The Bertz CT molecular complexity index is 451. The van der Waals surface area contributed by atoms with Crippen molar-refractivity contribution in [2.24, 2.45) is 0 Å². The molecule has 2 rings (SSSR count). The molecule has 82 valence electrons. The third-order valence-electron chi connectivity index (χ3n) is 2.12. The number of nitrogens with zero attached hydrogens (tertiary/aromatic N) is 1. The number of hydrogen-bond acceptors (Lipinski definition) is 3. The summed E-state index contributed by atoms with van der Waals surface area (Å²) >= 11 is 0. The Hall–Kier alpha value is -2.10. The molecule has 2 aromatic rings. The highest BCUT2D eigenvalue weighted by atomic mass is 16.5. The van der Waals surface area contributed by atoms with E-state index >= 15 is 0 Å². The molecule has 0 aliphatic heterocycles. The molecule has 0 fully saturated rings. The third-order valence-corrected chi connectivity index (χ3v) is 2.12. The van der Waals surface area contributed by atoms with Gasteiger partial charge in [-0.3, -0.25) is 5.10 Å². The van der Waals surface area contributed by atoms with Crippen LogP contribution in [0.3, 0.4) is 0 Å². The predicted octanol–water partition coefficient (Wildman–Crippen LogP) is 1.73. The molecule has 0 bridgehead atoms. The van der Waals surface area contributed by atoms with Crippen LogP contribution in [0.1, 0.15) is 11.4 Å². The first-order valence-electron chi connectivity index (χ1n) is 5.03. The van der Waals surface area contributed by atoms with Gasteiger partial charge in [0, 0.05) is 12.1 Å². The van der Waals surface area contributed by atoms with Crippen molar-refractivity contribution in [1.29, 1.82) is 0 Å². The van der Waals surface area contributed by atoms with Gasteiger partial charge >= 0.3 is 0 Å². The van der Waals surface area contributed by atoms with E-state index in [9.17, 15) is 4.79 Å². The van der Waals surface area contributed by atoms with E-state index in [1.807, 2.05) is 36.4 Å². The van der Waals surface area contributed by atoms with E-state index < -0.39 is 0 Å². The summed E-state index contributed by atoms with van der Waals surface area (Å²) in [5, 5.41) is 6.82. The molecule has 1 heterocycles. The molecule has 0 spiro atoms. The van der Waals surface area contributed by atoms with Crippen molar-refractivity contribution in [3.05, 3.63) is 47.8 Å². The van der Waals surface area contributed by atoms with E-state index in [0.29, 0.717) is 13.0 Å². The fourth-order valence-electron chi connectivity index (χ4n) is 1.35.